The number of halogens is 1. The Morgan fingerprint density at radius 1 is 1.33 bits per heavy atom. The monoisotopic (exact) mass is 327 g/mol. The first-order chi connectivity index (χ1) is 8.79. The maximum absolute atomic E-state index is 3.68. The molecule has 1 saturated carbocycles. The summed E-state index contributed by atoms with van der Waals surface area (Å²) in [6.07, 6.45) is 4.02. The first kappa shape index (κ1) is 14.4. The zero-order chi connectivity index (χ0) is 12.8. The predicted molar refractivity (Wildman–Crippen MR) is 85.5 cm³/mol. The minimum Gasteiger partial charge on any atom is -0.313 e. The number of rotatable bonds is 8. The molecular formula is C15H22BrNS. The molecule has 0 aromatic heterocycles. The van der Waals surface area contributed by atoms with Crippen molar-refractivity contribution in [2.75, 3.05) is 18.1 Å². The lowest BCUT2D eigenvalue weighted by Crippen LogP contribution is -2.24. The van der Waals surface area contributed by atoms with Crippen molar-refractivity contribution in [2.24, 2.45) is 0 Å². The Bertz CT molecular complexity index is 348. The van der Waals surface area contributed by atoms with Gasteiger partial charge >= 0.3 is 0 Å². The van der Waals surface area contributed by atoms with Gasteiger partial charge in [-0.05, 0) is 54.4 Å². The Morgan fingerprint density at radius 3 is 2.67 bits per heavy atom. The molecule has 1 aliphatic carbocycles. The van der Waals surface area contributed by atoms with Gasteiger partial charge in [0, 0.05) is 17.1 Å². The van der Waals surface area contributed by atoms with E-state index in [2.05, 4.69) is 52.4 Å². The highest BCUT2D eigenvalue weighted by Crippen LogP contribution is 2.25. The molecule has 18 heavy (non-hydrogen) atoms. The van der Waals surface area contributed by atoms with Gasteiger partial charge in [-0.1, -0.05) is 35.0 Å². The van der Waals surface area contributed by atoms with Gasteiger partial charge in [-0.2, -0.15) is 11.8 Å². The molecule has 1 unspecified atom stereocenters. The Kier molecular flexibility index (Phi) is 6.06. The first-order valence-corrected chi connectivity index (χ1v) is 8.81. The minimum absolute atomic E-state index is 0.665. The topological polar surface area (TPSA) is 12.0 Å². The second-order valence-corrected chi connectivity index (χ2v) is 7.23. The molecule has 2 rings (SSSR count). The van der Waals surface area contributed by atoms with Crippen LogP contribution in [0.15, 0.2) is 28.7 Å². The highest BCUT2D eigenvalue weighted by molar-refractivity contribution is 9.10. The standard InChI is InChI=1S/C15H22BrNS/c1-2-18-10-9-13(11-17-15-7-8-15)12-3-5-14(16)6-4-12/h3-6,13,15,17H,2,7-11H2,1H3. The van der Waals surface area contributed by atoms with Gasteiger partial charge < -0.3 is 5.32 Å². The summed E-state index contributed by atoms with van der Waals surface area (Å²) in [5.74, 6) is 3.16. The molecule has 100 valence electrons. The average Bonchev–Trinajstić information content (AvgIpc) is 3.19. The summed E-state index contributed by atoms with van der Waals surface area (Å²) in [6.45, 7) is 3.37. The van der Waals surface area contributed by atoms with Crippen LogP contribution in [0.25, 0.3) is 0 Å². The lowest BCUT2D eigenvalue weighted by Gasteiger charge is -2.18. The fraction of sp³-hybridized carbons (Fsp3) is 0.600. The molecule has 1 aromatic rings. The summed E-state index contributed by atoms with van der Waals surface area (Å²) in [5.41, 5.74) is 1.48. The summed E-state index contributed by atoms with van der Waals surface area (Å²) in [7, 11) is 0. The van der Waals surface area contributed by atoms with Crippen LogP contribution in [-0.4, -0.2) is 24.1 Å². The van der Waals surface area contributed by atoms with E-state index in [0.717, 1.165) is 12.6 Å². The molecule has 1 fully saturated rings. The number of nitrogens with one attached hydrogen (secondary N) is 1. The number of hydrogen-bond acceptors (Lipinski definition) is 2. The summed E-state index contributed by atoms with van der Waals surface area (Å²) >= 11 is 5.56. The Balaban J connectivity index is 1.90. The van der Waals surface area contributed by atoms with E-state index in [1.807, 2.05) is 11.8 Å². The average molecular weight is 328 g/mol. The van der Waals surface area contributed by atoms with Crippen LogP contribution in [0.5, 0.6) is 0 Å². The molecule has 3 heteroatoms. The van der Waals surface area contributed by atoms with Crippen molar-refractivity contribution in [3.63, 3.8) is 0 Å². The van der Waals surface area contributed by atoms with E-state index in [1.54, 1.807) is 0 Å². The van der Waals surface area contributed by atoms with E-state index in [9.17, 15) is 0 Å². The van der Waals surface area contributed by atoms with E-state index >= 15 is 0 Å². The van der Waals surface area contributed by atoms with E-state index < -0.39 is 0 Å². The van der Waals surface area contributed by atoms with Gasteiger partial charge in [0.2, 0.25) is 0 Å². The Labute approximate surface area is 123 Å². The SMILES string of the molecule is CCSCCC(CNC1CC1)c1ccc(Br)cc1. The maximum Gasteiger partial charge on any atom is 0.0175 e. The molecule has 1 N–H and O–H groups in total. The molecule has 0 spiro atoms. The molecule has 0 saturated heterocycles. The molecule has 0 radical (unpaired) electrons. The quantitative estimate of drug-likeness (QED) is 0.709. The zero-order valence-electron chi connectivity index (χ0n) is 11.0. The Hall–Kier alpha value is 0.01000. The number of hydrogen-bond donors (Lipinski definition) is 1. The second-order valence-electron chi connectivity index (χ2n) is 4.92. The summed E-state index contributed by atoms with van der Waals surface area (Å²) in [4.78, 5) is 0. The van der Waals surface area contributed by atoms with Crippen LogP contribution in [0.2, 0.25) is 0 Å². The predicted octanol–water partition coefficient (Wildman–Crippen LogP) is 4.43. The summed E-state index contributed by atoms with van der Waals surface area (Å²) in [6, 6.07) is 9.65. The lowest BCUT2D eigenvalue weighted by atomic mass is 9.96. The normalized spacial score (nSPS) is 16.8. The highest BCUT2D eigenvalue weighted by atomic mass is 79.9. The van der Waals surface area contributed by atoms with Crippen molar-refractivity contribution in [1.82, 2.24) is 5.32 Å². The van der Waals surface area contributed by atoms with Crippen LogP contribution in [-0.2, 0) is 0 Å². The Morgan fingerprint density at radius 2 is 2.06 bits per heavy atom. The van der Waals surface area contributed by atoms with Crippen LogP contribution in [0, 0.1) is 0 Å². The smallest absolute Gasteiger partial charge is 0.0175 e. The fourth-order valence-corrected chi connectivity index (χ4v) is 3.09. The van der Waals surface area contributed by atoms with Crippen molar-refractivity contribution in [1.29, 1.82) is 0 Å². The molecule has 0 bridgehead atoms. The van der Waals surface area contributed by atoms with Gasteiger partial charge in [-0.25, -0.2) is 0 Å². The van der Waals surface area contributed by atoms with Crippen LogP contribution < -0.4 is 5.32 Å². The van der Waals surface area contributed by atoms with Crippen molar-refractivity contribution in [2.45, 2.75) is 38.1 Å². The zero-order valence-corrected chi connectivity index (χ0v) is 13.4. The summed E-state index contributed by atoms with van der Waals surface area (Å²) < 4.78 is 1.17. The third-order valence-corrected chi connectivity index (χ3v) is 4.85. The molecule has 0 heterocycles. The fourth-order valence-electron chi connectivity index (χ4n) is 2.09. The van der Waals surface area contributed by atoms with E-state index in [4.69, 9.17) is 0 Å². The molecule has 1 nitrogen and oxygen atoms in total. The van der Waals surface area contributed by atoms with Crippen molar-refractivity contribution in [3.8, 4) is 0 Å². The molecule has 1 aliphatic rings. The van der Waals surface area contributed by atoms with Gasteiger partial charge in [0.25, 0.3) is 0 Å². The van der Waals surface area contributed by atoms with Gasteiger partial charge in [0.05, 0.1) is 0 Å². The van der Waals surface area contributed by atoms with Gasteiger partial charge in [0.15, 0.2) is 0 Å². The molecule has 1 aromatic carbocycles. The van der Waals surface area contributed by atoms with E-state index in [-0.39, 0.29) is 0 Å². The third-order valence-electron chi connectivity index (χ3n) is 3.39. The van der Waals surface area contributed by atoms with Crippen LogP contribution in [0.1, 0.15) is 37.7 Å². The molecule has 1 atom stereocenters. The number of thioether (sulfide) groups is 1. The van der Waals surface area contributed by atoms with Crippen LogP contribution >= 0.6 is 27.7 Å². The van der Waals surface area contributed by atoms with E-state index in [1.165, 1.54) is 40.8 Å². The molecule has 0 aliphatic heterocycles. The summed E-state index contributed by atoms with van der Waals surface area (Å²) in [5, 5.41) is 3.68. The van der Waals surface area contributed by atoms with Gasteiger partial charge in [-0.3, -0.25) is 0 Å². The highest BCUT2D eigenvalue weighted by Gasteiger charge is 2.22. The number of benzene rings is 1. The van der Waals surface area contributed by atoms with Gasteiger partial charge in [-0.15, -0.1) is 0 Å². The third kappa shape index (κ3) is 4.94. The van der Waals surface area contributed by atoms with Crippen molar-refractivity contribution >= 4 is 27.7 Å². The van der Waals surface area contributed by atoms with E-state index in [0.29, 0.717) is 5.92 Å². The maximum atomic E-state index is 3.68. The largest absolute Gasteiger partial charge is 0.313 e. The lowest BCUT2D eigenvalue weighted by molar-refractivity contribution is 0.570. The first-order valence-electron chi connectivity index (χ1n) is 6.86. The molecule has 0 amide bonds. The van der Waals surface area contributed by atoms with Crippen molar-refractivity contribution in [3.05, 3.63) is 34.3 Å². The van der Waals surface area contributed by atoms with Gasteiger partial charge in [0.1, 0.15) is 0 Å². The van der Waals surface area contributed by atoms with Crippen LogP contribution in [0.4, 0.5) is 0 Å². The van der Waals surface area contributed by atoms with Crippen molar-refractivity contribution < 1.29 is 0 Å². The minimum atomic E-state index is 0.665. The van der Waals surface area contributed by atoms with Crippen LogP contribution in [0.3, 0.4) is 0 Å². The molecular weight excluding hydrogens is 306 g/mol. The second kappa shape index (κ2) is 7.56.